The minimum absolute atomic E-state index is 0.176. The van der Waals surface area contributed by atoms with Crippen LogP contribution in [0, 0.1) is 0 Å². The van der Waals surface area contributed by atoms with E-state index in [1.54, 1.807) is 0 Å². The van der Waals surface area contributed by atoms with Crippen LogP contribution in [0.25, 0.3) is 5.69 Å². The van der Waals surface area contributed by atoms with E-state index >= 15 is 0 Å². The molecule has 1 aromatic carbocycles. The van der Waals surface area contributed by atoms with Crippen LogP contribution in [0.5, 0.6) is 0 Å². The van der Waals surface area contributed by atoms with Crippen LogP contribution in [0.1, 0.15) is 6.92 Å². The van der Waals surface area contributed by atoms with E-state index in [1.165, 1.54) is 11.8 Å². The maximum absolute atomic E-state index is 11.4. The quantitative estimate of drug-likeness (QED) is 0.612. The number of rotatable bonds is 5. The number of nitrogens with zero attached hydrogens (tertiary/aromatic N) is 1. The van der Waals surface area contributed by atoms with Crippen molar-refractivity contribution in [1.29, 1.82) is 0 Å². The highest BCUT2D eigenvalue weighted by atomic mass is 32.2. The van der Waals surface area contributed by atoms with E-state index in [0.29, 0.717) is 12.4 Å². The Kier molecular flexibility index (Phi) is 4.47. The molecule has 0 aliphatic heterocycles. The average molecular weight is 261 g/mol. The highest BCUT2D eigenvalue weighted by molar-refractivity contribution is 8.00. The van der Waals surface area contributed by atoms with Crippen molar-refractivity contribution < 1.29 is 9.53 Å². The number of carbonyl (C=O) groups is 1. The molecule has 0 aliphatic carbocycles. The zero-order valence-electron chi connectivity index (χ0n) is 10.2. The van der Waals surface area contributed by atoms with Crippen molar-refractivity contribution >= 4 is 17.7 Å². The van der Waals surface area contributed by atoms with E-state index in [0.717, 1.165) is 10.6 Å². The lowest BCUT2D eigenvalue weighted by molar-refractivity contribution is -0.139. The summed E-state index contributed by atoms with van der Waals surface area (Å²) in [6.45, 7) is 2.25. The molecule has 0 atom stereocenters. The Bertz CT molecular complexity index is 508. The molecule has 0 amide bonds. The maximum Gasteiger partial charge on any atom is 0.316 e. The highest BCUT2D eigenvalue weighted by Crippen LogP contribution is 2.25. The fourth-order valence-corrected chi connectivity index (χ4v) is 2.48. The van der Waals surface area contributed by atoms with Gasteiger partial charge in [0.1, 0.15) is 0 Å². The Labute approximate surface area is 111 Å². The van der Waals surface area contributed by atoms with Gasteiger partial charge in [-0.3, -0.25) is 4.79 Å². The van der Waals surface area contributed by atoms with Gasteiger partial charge in [0.05, 0.1) is 18.0 Å². The van der Waals surface area contributed by atoms with E-state index in [1.807, 2.05) is 60.3 Å². The van der Waals surface area contributed by atoms with Gasteiger partial charge < -0.3 is 9.30 Å². The van der Waals surface area contributed by atoms with E-state index in [2.05, 4.69) is 0 Å². The van der Waals surface area contributed by atoms with Crippen LogP contribution >= 0.6 is 11.8 Å². The van der Waals surface area contributed by atoms with E-state index in [-0.39, 0.29) is 5.97 Å². The molecular formula is C14H15NO2S. The third kappa shape index (κ3) is 3.17. The van der Waals surface area contributed by atoms with Gasteiger partial charge in [-0.1, -0.05) is 12.1 Å². The largest absolute Gasteiger partial charge is 0.465 e. The summed E-state index contributed by atoms with van der Waals surface area (Å²) in [6, 6.07) is 12.0. The van der Waals surface area contributed by atoms with Crippen LogP contribution in [0.3, 0.4) is 0 Å². The summed E-state index contributed by atoms with van der Waals surface area (Å²) >= 11 is 1.50. The van der Waals surface area contributed by atoms with Crippen molar-refractivity contribution in [3.05, 3.63) is 48.8 Å². The lowest BCUT2D eigenvalue weighted by atomic mass is 10.3. The SMILES string of the molecule is CCOC(=O)CSc1ccccc1-n1cccc1. The Morgan fingerprint density at radius 2 is 1.94 bits per heavy atom. The number of esters is 1. The van der Waals surface area contributed by atoms with Gasteiger partial charge >= 0.3 is 5.97 Å². The van der Waals surface area contributed by atoms with Crippen molar-refractivity contribution in [3.63, 3.8) is 0 Å². The van der Waals surface area contributed by atoms with Crippen LogP contribution in [-0.2, 0) is 9.53 Å². The summed E-state index contributed by atoms with van der Waals surface area (Å²) in [5, 5.41) is 0. The molecule has 0 radical (unpaired) electrons. The summed E-state index contributed by atoms with van der Waals surface area (Å²) in [6.07, 6.45) is 3.98. The highest BCUT2D eigenvalue weighted by Gasteiger charge is 2.07. The molecule has 0 N–H and O–H groups in total. The van der Waals surface area contributed by atoms with Crippen LogP contribution < -0.4 is 0 Å². The van der Waals surface area contributed by atoms with Gasteiger partial charge in [-0.05, 0) is 31.2 Å². The molecule has 1 aromatic heterocycles. The first-order valence-corrected chi connectivity index (χ1v) is 6.80. The van der Waals surface area contributed by atoms with Crippen molar-refractivity contribution in [2.45, 2.75) is 11.8 Å². The zero-order chi connectivity index (χ0) is 12.8. The number of hydrogen-bond acceptors (Lipinski definition) is 3. The smallest absolute Gasteiger partial charge is 0.316 e. The fraction of sp³-hybridized carbons (Fsp3) is 0.214. The lowest BCUT2D eigenvalue weighted by Gasteiger charge is -2.09. The monoisotopic (exact) mass is 261 g/mol. The van der Waals surface area contributed by atoms with Gasteiger partial charge in [0.15, 0.2) is 0 Å². The van der Waals surface area contributed by atoms with Crippen LogP contribution in [0.2, 0.25) is 0 Å². The van der Waals surface area contributed by atoms with Gasteiger partial charge in [0.2, 0.25) is 0 Å². The van der Waals surface area contributed by atoms with Crippen molar-refractivity contribution in [1.82, 2.24) is 4.57 Å². The second kappa shape index (κ2) is 6.31. The molecule has 2 aromatic rings. The Hall–Kier alpha value is -1.68. The third-order valence-corrected chi connectivity index (χ3v) is 3.43. The lowest BCUT2D eigenvalue weighted by Crippen LogP contribution is -2.06. The molecule has 4 heteroatoms. The molecule has 0 saturated carbocycles. The summed E-state index contributed by atoms with van der Waals surface area (Å²) in [7, 11) is 0. The van der Waals surface area contributed by atoms with Gasteiger partial charge in [-0.25, -0.2) is 0 Å². The standard InChI is InChI=1S/C14H15NO2S/c1-2-17-14(16)11-18-13-8-4-3-7-12(13)15-9-5-6-10-15/h3-10H,2,11H2,1H3. The molecule has 3 nitrogen and oxygen atoms in total. The van der Waals surface area contributed by atoms with Gasteiger partial charge in [0.25, 0.3) is 0 Å². The average Bonchev–Trinajstić information content (AvgIpc) is 2.91. The van der Waals surface area contributed by atoms with E-state index < -0.39 is 0 Å². The summed E-state index contributed by atoms with van der Waals surface area (Å²) in [5.41, 5.74) is 1.08. The topological polar surface area (TPSA) is 31.2 Å². The zero-order valence-corrected chi connectivity index (χ0v) is 11.0. The van der Waals surface area contributed by atoms with Gasteiger partial charge in [-0.2, -0.15) is 0 Å². The van der Waals surface area contributed by atoms with Crippen molar-refractivity contribution in [2.75, 3.05) is 12.4 Å². The number of hydrogen-bond donors (Lipinski definition) is 0. The summed E-state index contributed by atoms with van der Waals surface area (Å²) in [5.74, 6) is 0.163. The predicted molar refractivity (Wildman–Crippen MR) is 73.1 cm³/mol. The molecule has 1 heterocycles. The Morgan fingerprint density at radius 3 is 2.67 bits per heavy atom. The molecule has 0 saturated heterocycles. The third-order valence-electron chi connectivity index (χ3n) is 2.40. The normalized spacial score (nSPS) is 10.3. The first-order chi connectivity index (χ1) is 8.81. The number of carbonyl (C=O) groups excluding carboxylic acids is 1. The molecule has 2 rings (SSSR count). The number of para-hydroxylation sites is 1. The molecule has 0 unspecified atom stereocenters. The number of aromatic nitrogens is 1. The van der Waals surface area contributed by atoms with Gasteiger partial charge in [-0.15, -0.1) is 11.8 Å². The van der Waals surface area contributed by atoms with Gasteiger partial charge in [0, 0.05) is 17.3 Å². The van der Waals surface area contributed by atoms with Crippen LogP contribution in [-0.4, -0.2) is 22.9 Å². The first-order valence-electron chi connectivity index (χ1n) is 5.82. The first kappa shape index (κ1) is 12.8. The van der Waals surface area contributed by atoms with Crippen molar-refractivity contribution in [3.8, 4) is 5.69 Å². The number of benzene rings is 1. The maximum atomic E-state index is 11.4. The fourth-order valence-electron chi connectivity index (χ4n) is 1.63. The molecule has 18 heavy (non-hydrogen) atoms. The van der Waals surface area contributed by atoms with Crippen molar-refractivity contribution in [2.24, 2.45) is 0 Å². The summed E-state index contributed by atoms with van der Waals surface area (Å²) < 4.78 is 6.96. The Morgan fingerprint density at radius 1 is 1.22 bits per heavy atom. The van der Waals surface area contributed by atoms with E-state index in [4.69, 9.17) is 4.74 Å². The number of thioether (sulfide) groups is 1. The molecular weight excluding hydrogens is 246 g/mol. The van der Waals surface area contributed by atoms with Crippen LogP contribution in [0.4, 0.5) is 0 Å². The number of ether oxygens (including phenoxy) is 1. The summed E-state index contributed by atoms with van der Waals surface area (Å²) in [4.78, 5) is 12.4. The molecule has 0 fully saturated rings. The molecule has 94 valence electrons. The minimum atomic E-state index is -0.176. The van der Waals surface area contributed by atoms with Crippen LogP contribution in [0.15, 0.2) is 53.7 Å². The molecule has 0 spiro atoms. The minimum Gasteiger partial charge on any atom is -0.465 e. The molecule has 0 bridgehead atoms. The predicted octanol–water partition coefficient (Wildman–Crippen LogP) is 3.13. The second-order valence-corrected chi connectivity index (χ2v) is 4.67. The Balaban J connectivity index is 2.11. The second-order valence-electron chi connectivity index (χ2n) is 3.65. The van der Waals surface area contributed by atoms with E-state index in [9.17, 15) is 4.79 Å². The molecule has 0 aliphatic rings.